The number of hydrogen-bond acceptors (Lipinski definition) is 5. The van der Waals surface area contributed by atoms with Crippen LogP contribution in [0.4, 0.5) is 0 Å². The predicted octanol–water partition coefficient (Wildman–Crippen LogP) is 1.56. The van der Waals surface area contributed by atoms with Crippen LogP contribution in [0.5, 0.6) is 0 Å². The molecular weight excluding hydrogens is 324 g/mol. The molecule has 0 aliphatic heterocycles. The van der Waals surface area contributed by atoms with Crippen molar-refractivity contribution in [3.63, 3.8) is 0 Å². The zero-order valence-corrected chi connectivity index (χ0v) is 13.9. The number of pyridine rings is 1. The molecule has 0 aromatic carbocycles. The summed E-state index contributed by atoms with van der Waals surface area (Å²) in [4.78, 5) is 3.72. The van der Waals surface area contributed by atoms with Gasteiger partial charge in [-0.05, 0) is 30.9 Å². The lowest BCUT2D eigenvalue weighted by Gasteiger charge is -2.29. The third kappa shape index (κ3) is 4.40. The van der Waals surface area contributed by atoms with Gasteiger partial charge >= 0.3 is 0 Å². The van der Waals surface area contributed by atoms with Gasteiger partial charge in [0.2, 0.25) is 10.0 Å². The average molecular weight is 345 g/mol. The molecule has 1 fully saturated rings. The van der Waals surface area contributed by atoms with Gasteiger partial charge in [0, 0.05) is 18.8 Å². The highest BCUT2D eigenvalue weighted by Crippen LogP contribution is 2.27. The van der Waals surface area contributed by atoms with Crippen LogP contribution in [0, 0.1) is 17.2 Å². The molecule has 3 N–H and O–H groups in total. The van der Waals surface area contributed by atoms with Crippen LogP contribution in [-0.4, -0.2) is 26.0 Å². The first-order valence-electron chi connectivity index (χ1n) is 7.16. The van der Waals surface area contributed by atoms with E-state index in [0.717, 1.165) is 25.7 Å². The number of nitriles is 1. The number of nitrogens with one attached hydrogen (secondary N) is 1. The number of aromatic nitrogens is 1. The van der Waals surface area contributed by atoms with Crippen molar-refractivity contribution in [2.24, 2.45) is 11.7 Å². The van der Waals surface area contributed by atoms with E-state index in [0.29, 0.717) is 0 Å². The minimum atomic E-state index is -3.78. The Morgan fingerprint density at radius 2 is 2.09 bits per heavy atom. The molecule has 0 saturated heterocycles. The summed E-state index contributed by atoms with van der Waals surface area (Å²) in [5, 5.41) is 8.99. The van der Waals surface area contributed by atoms with Gasteiger partial charge in [-0.25, -0.2) is 18.1 Å². The van der Waals surface area contributed by atoms with Gasteiger partial charge in [0.25, 0.3) is 0 Å². The molecule has 1 unspecified atom stereocenters. The summed E-state index contributed by atoms with van der Waals surface area (Å²) in [5.74, 6) is 0.265. The topological polar surface area (TPSA) is 109 Å². The third-order valence-electron chi connectivity index (χ3n) is 3.95. The van der Waals surface area contributed by atoms with Gasteiger partial charge in [0.15, 0.2) is 5.69 Å². The highest BCUT2D eigenvalue weighted by molar-refractivity contribution is 7.89. The van der Waals surface area contributed by atoms with Crippen LogP contribution in [0.2, 0.25) is 0 Å². The van der Waals surface area contributed by atoms with Crippen molar-refractivity contribution in [2.45, 2.75) is 43.0 Å². The maximum atomic E-state index is 12.5. The lowest BCUT2D eigenvalue weighted by Crippen LogP contribution is -2.46. The van der Waals surface area contributed by atoms with Crippen LogP contribution in [0.25, 0.3) is 0 Å². The van der Waals surface area contributed by atoms with Gasteiger partial charge < -0.3 is 5.73 Å². The molecule has 1 saturated carbocycles. The van der Waals surface area contributed by atoms with E-state index in [2.05, 4.69) is 9.71 Å². The molecule has 6 nitrogen and oxygen atoms in total. The Labute approximate surface area is 137 Å². The van der Waals surface area contributed by atoms with E-state index in [1.165, 1.54) is 24.8 Å². The lowest BCUT2D eigenvalue weighted by atomic mass is 9.84. The molecule has 1 aliphatic rings. The first kappa shape index (κ1) is 18.8. The van der Waals surface area contributed by atoms with Crippen LogP contribution in [0.15, 0.2) is 23.2 Å². The fraction of sp³-hybridized carbons (Fsp3) is 0.571. The molecule has 2 rings (SSSR count). The number of rotatable bonds is 5. The monoisotopic (exact) mass is 344 g/mol. The van der Waals surface area contributed by atoms with Crippen LogP contribution >= 0.6 is 12.4 Å². The molecule has 0 amide bonds. The van der Waals surface area contributed by atoms with Gasteiger partial charge in [-0.15, -0.1) is 12.4 Å². The van der Waals surface area contributed by atoms with Crippen LogP contribution in [0.3, 0.4) is 0 Å². The molecule has 0 bridgehead atoms. The van der Waals surface area contributed by atoms with Crippen LogP contribution in [-0.2, 0) is 10.0 Å². The zero-order chi connectivity index (χ0) is 15.3. The second kappa shape index (κ2) is 8.44. The van der Waals surface area contributed by atoms with Gasteiger partial charge in [0.1, 0.15) is 11.0 Å². The van der Waals surface area contributed by atoms with Gasteiger partial charge in [0.05, 0.1) is 0 Å². The maximum absolute atomic E-state index is 12.5. The predicted molar refractivity (Wildman–Crippen MR) is 85.9 cm³/mol. The summed E-state index contributed by atoms with van der Waals surface area (Å²) >= 11 is 0. The Hall–Kier alpha value is -1.20. The molecule has 22 heavy (non-hydrogen) atoms. The summed E-state index contributed by atoms with van der Waals surface area (Å²) in [6, 6.07) is 4.42. The minimum Gasteiger partial charge on any atom is -0.329 e. The van der Waals surface area contributed by atoms with E-state index in [-0.39, 0.29) is 41.5 Å². The molecule has 122 valence electrons. The Bertz CT molecular complexity index is 624. The highest BCUT2D eigenvalue weighted by atomic mass is 35.5. The number of hydrogen-bond donors (Lipinski definition) is 2. The first-order chi connectivity index (χ1) is 10.1. The van der Waals surface area contributed by atoms with Crippen molar-refractivity contribution in [3.05, 3.63) is 24.0 Å². The van der Waals surface area contributed by atoms with E-state index in [9.17, 15) is 8.42 Å². The summed E-state index contributed by atoms with van der Waals surface area (Å²) in [6.45, 7) is 0.256. The average Bonchev–Trinajstić information content (AvgIpc) is 2.53. The van der Waals surface area contributed by atoms with Crippen molar-refractivity contribution in [1.82, 2.24) is 9.71 Å². The zero-order valence-electron chi connectivity index (χ0n) is 12.2. The Morgan fingerprint density at radius 1 is 1.41 bits per heavy atom. The van der Waals surface area contributed by atoms with E-state index in [4.69, 9.17) is 11.0 Å². The number of nitrogens with zero attached hydrogens (tertiary/aromatic N) is 2. The van der Waals surface area contributed by atoms with Crippen LogP contribution < -0.4 is 10.5 Å². The van der Waals surface area contributed by atoms with E-state index in [1.54, 1.807) is 0 Å². The molecule has 0 radical (unpaired) electrons. The first-order valence-corrected chi connectivity index (χ1v) is 8.64. The number of sulfonamides is 1. The fourth-order valence-electron chi connectivity index (χ4n) is 2.83. The molecule has 1 aromatic rings. The largest absolute Gasteiger partial charge is 0.329 e. The summed E-state index contributed by atoms with van der Waals surface area (Å²) in [6.07, 6.45) is 6.80. The van der Waals surface area contributed by atoms with Crippen molar-refractivity contribution in [2.75, 3.05) is 6.54 Å². The summed E-state index contributed by atoms with van der Waals surface area (Å²) in [7, 11) is -3.78. The molecule has 1 atom stereocenters. The molecular formula is C14H21ClN4O2S. The van der Waals surface area contributed by atoms with E-state index >= 15 is 0 Å². The Kier molecular flexibility index (Phi) is 7.23. The van der Waals surface area contributed by atoms with Gasteiger partial charge in [-0.3, -0.25) is 0 Å². The van der Waals surface area contributed by atoms with E-state index in [1.807, 2.05) is 6.07 Å². The third-order valence-corrected chi connectivity index (χ3v) is 5.47. The SMILES string of the molecule is Cl.N#Cc1ncccc1S(=O)(=O)NC(CN)C1CCCCC1. The lowest BCUT2D eigenvalue weighted by molar-refractivity contribution is 0.294. The quantitative estimate of drug-likeness (QED) is 0.842. The highest BCUT2D eigenvalue weighted by Gasteiger charge is 2.28. The van der Waals surface area contributed by atoms with Crippen molar-refractivity contribution in [3.8, 4) is 6.07 Å². The van der Waals surface area contributed by atoms with Crippen molar-refractivity contribution < 1.29 is 8.42 Å². The standard InChI is InChI=1S/C14H20N4O2S.ClH/c15-9-12(11-5-2-1-3-6-11)18-21(19,20)14-7-4-8-17-13(14)10-16;/h4,7-8,11-12,18H,1-3,5-6,9,15H2;1H. The van der Waals surface area contributed by atoms with Crippen molar-refractivity contribution >= 4 is 22.4 Å². The fourth-order valence-corrected chi connectivity index (χ4v) is 4.25. The van der Waals surface area contributed by atoms with Gasteiger partial charge in [-0.1, -0.05) is 19.3 Å². The Balaban J connectivity index is 0.00000242. The molecule has 8 heteroatoms. The molecule has 0 spiro atoms. The molecule has 1 heterocycles. The van der Waals surface area contributed by atoms with Gasteiger partial charge in [-0.2, -0.15) is 5.26 Å². The van der Waals surface area contributed by atoms with Crippen molar-refractivity contribution in [1.29, 1.82) is 5.26 Å². The number of nitrogens with two attached hydrogens (primary N) is 1. The Morgan fingerprint density at radius 3 is 2.68 bits per heavy atom. The second-order valence-corrected chi connectivity index (χ2v) is 7.01. The second-order valence-electron chi connectivity index (χ2n) is 5.32. The normalized spacial score (nSPS) is 17.3. The van der Waals surface area contributed by atoms with Crippen LogP contribution in [0.1, 0.15) is 37.8 Å². The summed E-state index contributed by atoms with van der Waals surface area (Å²) < 4.78 is 27.6. The van der Waals surface area contributed by atoms with E-state index < -0.39 is 10.0 Å². The molecule has 1 aromatic heterocycles. The molecule has 1 aliphatic carbocycles. The smallest absolute Gasteiger partial charge is 0.243 e. The minimum absolute atomic E-state index is 0. The number of halogens is 1. The summed E-state index contributed by atoms with van der Waals surface area (Å²) in [5.41, 5.74) is 5.66. The maximum Gasteiger partial charge on any atom is 0.243 e.